The van der Waals surface area contributed by atoms with Gasteiger partial charge in [0.15, 0.2) is 5.84 Å². The highest BCUT2D eigenvalue weighted by Gasteiger charge is 2.26. The summed E-state index contributed by atoms with van der Waals surface area (Å²) in [5.41, 5.74) is 4.94. The number of benzene rings is 1. The summed E-state index contributed by atoms with van der Waals surface area (Å²) in [6.45, 7) is 3.26. The third-order valence-electron chi connectivity index (χ3n) is 2.26. The lowest BCUT2D eigenvalue weighted by Crippen LogP contribution is -2.53. The molecule has 6 heteroatoms. The average molecular weight is 256 g/mol. The van der Waals surface area contributed by atoms with Crippen LogP contribution in [0.2, 0.25) is 5.02 Å². The Bertz CT molecular complexity index is 458. The fourth-order valence-electron chi connectivity index (χ4n) is 1.17. The van der Waals surface area contributed by atoms with Crippen molar-refractivity contribution in [3.05, 3.63) is 34.9 Å². The molecule has 0 aliphatic heterocycles. The van der Waals surface area contributed by atoms with Gasteiger partial charge in [-0.25, -0.2) is 0 Å². The second kappa shape index (κ2) is 5.05. The number of nitrogens with zero attached hydrogens (tertiary/aromatic N) is 1. The first-order valence-electron chi connectivity index (χ1n) is 4.93. The van der Waals surface area contributed by atoms with Crippen LogP contribution in [0.1, 0.15) is 24.2 Å². The summed E-state index contributed by atoms with van der Waals surface area (Å²) >= 11 is 5.78. The Hall–Kier alpha value is -1.75. The first-order valence-corrected chi connectivity index (χ1v) is 5.30. The summed E-state index contributed by atoms with van der Waals surface area (Å²) in [4.78, 5) is 11.9. The van der Waals surface area contributed by atoms with E-state index in [1.165, 1.54) is 0 Å². The highest BCUT2D eigenvalue weighted by Crippen LogP contribution is 2.12. The first-order chi connectivity index (χ1) is 7.86. The lowest BCUT2D eigenvalue weighted by molar-refractivity contribution is 0.0931. The van der Waals surface area contributed by atoms with E-state index in [0.29, 0.717) is 10.6 Å². The van der Waals surface area contributed by atoms with Crippen LogP contribution in [0, 0.1) is 0 Å². The van der Waals surface area contributed by atoms with Gasteiger partial charge in [0.2, 0.25) is 0 Å². The van der Waals surface area contributed by atoms with E-state index in [1.54, 1.807) is 38.1 Å². The lowest BCUT2D eigenvalue weighted by atomic mass is 10.0. The van der Waals surface area contributed by atoms with Crippen molar-refractivity contribution in [3.63, 3.8) is 0 Å². The summed E-state index contributed by atoms with van der Waals surface area (Å²) in [5, 5.41) is 14.6. The molecule has 0 bridgehead atoms. The number of amidine groups is 1. The van der Waals surface area contributed by atoms with Crippen LogP contribution < -0.4 is 11.1 Å². The largest absolute Gasteiger partial charge is 0.409 e. The molecule has 1 rings (SSSR count). The molecule has 0 unspecified atom stereocenters. The van der Waals surface area contributed by atoms with Crippen molar-refractivity contribution >= 4 is 23.3 Å². The van der Waals surface area contributed by atoms with Gasteiger partial charge >= 0.3 is 0 Å². The lowest BCUT2D eigenvalue weighted by Gasteiger charge is -2.24. The van der Waals surface area contributed by atoms with Crippen molar-refractivity contribution in [2.45, 2.75) is 19.4 Å². The van der Waals surface area contributed by atoms with Crippen LogP contribution in [-0.4, -0.2) is 22.5 Å². The standard InChI is InChI=1S/C11H14ClN3O2/c1-11(2,10(13)15-17)14-9(16)7-4-3-5-8(12)6-7/h3-6,17H,1-2H3,(H2,13,15)(H,14,16). The smallest absolute Gasteiger partial charge is 0.252 e. The van der Waals surface area contributed by atoms with Gasteiger partial charge in [0, 0.05) is 10.6 Å². The fraction of sp³-hybridized carbons (Fsp3) is 0.273. The third kappa shape index (κ3) is 3.35. The summed E-state index contributed by atoms with van der Waals surface area (Å²) in [6, 6.07) is 6.52. The van der Waals surface area contributed by atoms with Crippen LogP contribution in [0.15, 0.2) is 29.4 Å². The quantitative estimate of drug-likeness (QED) is 0.332. The number of halogens is 1. The van der Waals surface area contributed by atoms with Crippen molar-refractivity contribution < 1.29 is 10.0 Å². The number of nitrogens with two attached hydrogens (primary N) is 1. The number of rotatable bonds is 3. The van der Waals surface area contributed by atoms with Gasteiger partial charge in [-0.2, -0.15) is 0 Å². The van der Waals surface area contributed by atoms with E-state index < -0.39 is 5.54 Å². The molecule has 4 N–H and O–H groups in total. The van der Waals surface area contributed by atoms with E-state index in [0.717, 1.165) is 0 Å². The molecular weight excluding hydrogens is 242 g/mol. The number of hydrogen-bond acceptors (Lipinski definition) is 3. The molecule has 0 radical (unpaired) electrons. The molecular formula is C11H14ClN3O2. The molecule has 1 amide bonds. The van der Waals surface area contributed by atoms with E-state index in [4.69, 9.17) is 22.5 Å². The first kappa shape index (κ1) is 13.3. The van der Waals surface area contributed by atoms with Gasteiger partial charge in [-0.3, -0.25) is 4.79 Å². The maximum atomic E-state index is 11.9. The minimum Gasteiger partial charge on any atom is -0.409 e. The summed E-state index contributed by atoms with van der Waals surface area (Å²) in [7, 11) is 0. The summed E-state index contributed by atoms with van der Waals surface area (Å²) in [5.74, 6) is -0.419. The molecule has 1 aromatic rings. The van der Waals surface area contributed by atoms with Crippen molar-refractivity contribution in [2.24, 2.45) is 10.9 Å². The minimum absolute atomic E-state index is 0.0760. The zero-order valence-electron chi connectivity index (χ0n) is 9.57. The molecule has 0 atom stereocenters. The zero-order chi connectivity index (χ0) is 13.1. The van der Waals surface area contributed by atoms with Gasteiger partial charge in [0.05, 0.1) is 5.54 Å². The van der Waals surface area contributed by atoms with E-state index in [9.17, 15) is 4.79 Å². The summed E-state index contributed by atoms with van der Waals surface area (Å²) < 4.78 is 0. The van der Waals surface area contributed by atoms with Crippen LogP contribution in [0.3, 0.4) is 0 Å². The Morgan fingerprint density at radius 3 is 2.71 bits per heavy atom. The maximum absolute atomic E-state index is 11.9. The van der Waals surface area contributed by atoms with Gasteiger partial charge in [-0.1, -0.05) is 22.8 Å². The van der Waals surface area contributed by atoms with E-state index in [-0.39, 0.29) is 11.7 Å². The Kier molecular flexibility index (Phi) is 3.96. The predicted octanol–water partition coefficient (Wildman–Crippen LogP) is 1.59. The molecule has 0 heterocycles. The molecule has 5 nitrogen and oxygen atoms in total. The molecule has 0 fully saturated rings. The van der Waals surface area contributed by atoms with Gasteiger partial charge < -0.3 is 16.3 Å². The molecule has 0 saturated heterocycles. The van der Waals surface area contributed by atoms with Crippen LogP contribution in [0.4, 0.5) is 0 Å². The van der Waals surface area contributed by atoms with Crippen molar-refractivity contribution in [1.82, 2.24) is 5.32 Å². The maximum Gasteiger partial charge on any atom is 0.252 e. The Balaban J connectivity index is 2.87. The SMILES string of the molecule is CC(C)(NC(=O)c1cccc(Cl)c1)C(N)=NO. The highest BCUT2D eigenvalue weighted by molar-refractivity contribution is 6.31. The molecule has 92 valence electrons. The van der Waals surface area contributed by atoms with Gasteiger partial charge in [0.25, 0.3) is 5.91 Å². The number of nitrogens with one attached hydrogen (secondary N) is 1. The van der Waals surface area contributed by atoms with Crippen molar-refractivity contribution in [1.29, 1.82) is 0 Å². The molecule has 17 heavy (non-hydrogen) atoms. The second-order valence-electron chi connectivity index (χ2n) is 4.07. The van der Waals surface area contributed by atoms with Gasteiger partial charge in [-0.15, -0.1) is 0 Å². The predicted molar refractivity (Wildman–Crippen MR) is 66.4 cm³/mol. The normalized spacial score (nSPS) is 12.3. The van der Waals surface area contributed by atoms with Gasteiger partial charge in [-0.05, 0) is 32.0 Å². The van der Waals surface area contributed by atoms with Crippen molar-refractivity contribution in [2.75, 3.05) is 0 Å². The number of hydrogen-bond donors (Lipinski definition) is 3. The van der Waals surface area contributed by atoms with Crippen LogP contribution in [0.5, 0.6) is 0 Å². The topological polar surface area (TPSA) is 87.7 Å². The number of amides is 1. The Labute approximate surface area is 104 Å². The molecule has 0 spiro atoms. The van der Waals surface area contributed by atoms with Crippen LogP contribution >= 0.6 is 11.6 Å². The Morgan fingerprint density at radius 2 is 2.18 bits per heavy atom. The number of oxime groups is 1. The number of carbonyl (C=O) groups excluding carboxylic acids is 1. The van der Waals surface area contributed by atoms with Crippen LogP contribution in [-0.2, 0) is 0 Å². The van der Waals surface area contributed by atoms with E-state index in [1.807, 2.05) is 0 Å². The Morgan fingerprint density at radius 1 is 1.53 bits per heavy atom. The second-order valence-corrected chi connectivity index (χ2v) is 4.51. The van der Waals surface area contributed by atoms with E-state index in [2.05, 4.69) is 10.5 Å². The molecule has 0 aliphatic rings. The third-order valence-corrected chi connectivity index (χ3v) is 2.50. The molecule has 0 saturated carbocycles. The molecule has 1 aromatic carbocycles. The summed E-state index contributed by atoms with van der Waals surface area (Å²) in [6.07, 6.45) is 0. The molecule has 0 aromatic heterocycles. The molecule has 0 aliphatic carbocycles. The highest BCUT2D eigenvalue weighted by atomic mass is 35.5. The number of carbonyl (C=O) groups is 1. The zero-order valence-corrected chi connectivity index (χ0v) is 10.3. The fourth-order valence-corrected chi connectivity index (χ4v) is 1.37. The monoisotopic (exact) mass is 255 g/mol. The van der Waals surface area contributed by atoms with Crippen molar-refractivity contribution in [3.8, 4) is 0 Å². The average Bonchev–Trinajstić information content (AvgIpc) is 2.27. The van der Waals surface area contributed by atoms with E-state index >= 15 is 0 Å². The van der Waals surface area contributed by atoms with Gasteiger partial charge in [0.1, 0.15) is 0 Å². The minimum atomic E-state index is -0.936. The van der Waals surface area contributed by atoms with Crippen LogP contribution in [0.25, 0.3) is 0 Å².